The van der Waals surface area contributed by atoms with Gasteiger partial charge >= 0.3 is 0 Å². The van der Waals surface area contributed by atoms with Crippen molar-refractivity contribution in [3.05, 3.63) is 53.1 Å². The molecule has 5 heteroatoms. The summed E-state index contributed by atoms with van der Waals surface area (Å²) in [5, 5.41) is 9.39. The summed E-state index contributed by atoms with van der Waals surface area (Å²) < 4.78 is 10.8. The number of hydrogen-bond acceptors (Lipinski definition) is 4. The molecule has 0 spiro atoms. The lowest BCUT2D eigenvalue weighted by molar-refractivity contribution is 0.354. The second-order valence-corrected chi connectivity index (χ2v) is 5.29. The van der Waals surface area contributed by atoms with Gasteiger partial charge in [-0.1, -0.05) is 12.1 Å². The maximum absolute atomic E-state index is 9.39. The van der Waals surface area contributed by atoms with Gasteiger partial charge in [-0.15, -0.1) is 12.4 Å². The number of fused-ring (bicyclic) bond motifs is 1. The molecule has 0 unspecified atom stereocenters. The molecule has 1 heterocycles. The summed E-state index contributed by atoms with van der Waals surface area (Å²) in [7, 11) is 3.29. The SMILES string of the molecule is COc1cc2c(cc1OC)C(Cc1ccc(O)cc1)=NCC2.Cl. The molecule has 2 aromatic carbocycles. The minimum absolute atomic E-state index is 0. The molecule has 0 saturated heterocycles. The first-order valence-corrected chi connectivity index (χ1v) is 7.27. The highest BCUT2D eigenvalue weighted by Crippen LogP contribution is 2.33. The van der Waals surface area contributed by atoms with Gasteiger partial charge in [0.1, 0.15) is 5.75 Å². The lowest BCUT2D eigenvalue weighted by Crippen LogP contribution is -2.16. The Bertz CT molecular complexity index is 711. The van der Waals surface area contributed by atoms with Crippen LogP contribution in [0.2, 0.25) is 0 Å². The van der Waals surface area contributed by atoms with Gasteiger partial charge in [-0.3, -0.25) is 4.99 Å². The van der Waals surface area contributed by atoms with Crippen molar-refractivity contribution in [2.75, 3.05) is 20.8 Å². The van der Waals surface area contributed by atoms with Gasteiger partial charge in [0, 0.05) is 24.2 Å². The molecule has 0 atom stereocenters. The zero-order valence-corrected chi connectivity index (χ0v) is 14.0. The molecule has 0 radical (unpaired) electrons. The van der Waals surface area contributed by atoms with Gasteiger partial charge in [0.2, 0.25) is 0 Å². The summed E-state index contributed by atoms with van der Waals surface area (Å²) >= 11 is 0. The molecule has 0 aromatic heterocycles. The van der Waals surface area contributed by atoms with Gasteiger partial charge in [0.15, 0.2) is 11.5 Å². The van der Waals surface area contributed by atoms with Crippen LogP contribution in [0.1, 0.15) is 16.7 Å². The minimum Gasteiger partial charge on any atom is -0.508 e. The third-order valence-corrected chi connectivity index (χ3v) is 3.91. The van der Waals surface area contributed by atoms with Crippen molar-refractivity contribution in [1.29, 1.82) is 0 Å². The first-order valence-electron chi connectivity index (χ1n) is 7.27. The smallest absolute Gasteiger partial charge is 0.161 e. The van der Waals surface area contributed by atoms with Crippen LogP contribution in [0.25, 0.3) is 0 Å². The van der Waals surface area contributed by atoms with E-state index in [0.29, 0.717) is 0 Å². The Labute approximate surface area is 142 Å². The van der Waals surface area contributed by atoms with Crippen molar-refractivity contribution < 1.29 is 14.6 Å². The molecule has 1 N–H and O–H groups in total. The van der Waals surface area contributed by atoms with E-state index < -0.39 is 0 Å². The van der Waals surface area contributed by atoms with Crippen molar-refractivity contribution in [3.63, 3.8) is 0 Å². The molecule has 0 bridgehead atoms. The third-order valence-electron chi connectivity index (χ3n) is 3.91. The third kappa shape index (κ3) is 3.59. The van der Waals surface area contributed by atoms with E-state index in [4.69, 9.17) is 9.47 Å². The lowest BCUT2D eigenvalue weighted by Gasteiger charge is -2.20. The first-order chi connectivity index (χ1) is 10.7. The normalized spacial score (nSPS) is 12.7. The highest BCUT2D eigenvalue weighted by Gasteiger charge is 2.18. The first kappa shape index (κ1) is 17.2. The Kier molecular flexibility index (Phi) is 5.50. The molecule has 23 heavy (non-hydrogen) atoms. The molecule has 0 amide bonds. The Balaban J connectivity index is 0.00000192. The van der Waals surface area contributed by atoms with Crippen molar-refractivity contribution in [3.8, 4) is 17.2 Å². The predicted molar refractivity (Wildman–Crippen MR) is 93.7 cm³/mol. The van der Waals surface area contributed by atoms with E-state index in [-0.39, 0.29) is 18.2 Å². The van der Waals surface area contributed by atoms with E-state index in [1.807, 2.05) is 24.3 Å². The Morgan fingerprint density at radius 1 is 1.04 bits per heavy atom. The van der Waals surface area contributed by atoms with E-state index >= 15 is 0 Å². The van der Waals surface area contributed by atoms with E-state index in [1.165, 1.54) is 5.56 Å². The Morgan fingerprint density at radius 3 is 2.35 bits per heavy atom. The molecule has 4 nitrogen and oxygen atoms in total. The molecule has 1 aliphatic rings. The number of phenolic OH excluding ortho intramolecular Hbond substituents is 1. The topological polar surface area (TPSA) is 51.0 Å². The zero-order chi connectivity index (χ0) is 15.5. The standard InChI is InChI=1S/C18H19NO3.ClH/c1-21-17-10-13-7-8-19-16(15(13)11-18(17)22-2)9-12-3-5-14(20)6-4-12;/h3-6,10-11,20H,7-9H2,1-2H3;1H. The molecule has 1 aliphatic heterocycles. The largest absolute Gasteiger partial charge is 0.508 e. The van der Waals surface area contributed by atoms with Gasteiger partial charge in [-0.2, -0.15) is 0 Å². The van der Waals surface area contributed by atoms with E-state index in [0.717, 1.165) is 47.7 Å². The van der Waals surface area contributed by atoms with Crippen LogP contribution in [-0.2, 0) is 12.8 Å². The molecule has 0 saturated carbocycles. The fourth-order valence-corrected chi connectivity index (χ4v) is 2.75. The fourth-order valence-electron chi connectivity index (χ4n) is 2.75. The summed E-state index contributed by atoms with van der Waals surface area (Å²) in [6, 6.07) is 11.3. The quantitative estimate of drug-likeness (QED) is 0.932. The molecule has 3 rings (SSSR count). The number of nitrogens with zero attached hydrogens (tertiary/aromatic N) is 1. The average molecular weight is 334 g/mol. The summed E-state index contributed by atoms with van der Waals surface area (Å²) in [6.45, 7) is 0.788. The Hall–Kier alpha value is -2.20. The van der Waals surface area contributed by atoms with E-state index in [9.17, 15) is 5.11 Å². The van der Waals surface area contributed by atoms with Gasteiger partial charge in [-0.25, -0.2) is 0 Å². The second kappa shape index (κ2) is 7.38. The van der Waals surface area contributed by atoms with Gasteiger partial charge < -0.3 is 14.6 Å². The van der Waals surface area contributed by atoms with Crippen LogP contribution in [0.3, 0.4) is 0 Å². The molecular weight excluding hydrogens is 314 g/mol. The van der Waals surface area contributed by atoms with Crippen LogP contribution >= 0.6 is 12.4 Å². The van der Waals surface area contributed by atoms with Crippen molar-refractivity contribution in [2.45, 2.75) is 12.8 Å². The van der Waals surface area contributed by atoms with Crippen LogP contribution in [0, 0.1) is 0 Å². The number of methoxy groups -OCH3 is 2. The maximum Gasteiger partial charge on any atom is 0.161 e. The molecule has 2 aromatic rings. The number of halogens is 1. The lowest BCUT2D eigenvalue weighted by atomic mass is 9.93. The highest BCUT2D eigenvalue weighted by molar-refractivity contribution is 6.04. The number of phenols is 1. The minimum atomic E-state index is 0. The fraction of sp³-hybridized carbons (Fsp3) is 0.278. The second-order valence-electron chi connectivity index (χ2n) is 5.29. The van der Waals surface area contributed by atoms with Crippen molar-refractivity contribution in [1.82, 2.24) is 0 Å². The van der Waals surface area contributed by atoms with E-state index in [1.54, 1.807) is 26.4 Å². The number of hydrogen-bond donors (Lipinski definition) is 1. The summed E-state index contributed by atoms with van der Waals surface area (Å²) in [4.78, 5) is 4.68. The van der Waals surface area contributed by atoms with Gasteiger partial charge in [0.25, 0.3) is 0 Å². The van der Waals surface area contributed by atoms with Crippen LogP contribution in [0.15, 0.2) is 41.4 Å². The average Bonchev–Trinajstić information content (AvgIpc) is 2.56. The van der Waals surface area contributed by atoms with Crippen molar-refractivity contribution in [2.24, 2.45) is 4.99 Å². The zero-order valence-electron chi connectivity index (χ0n) is 13.2. The summed E-state index contributed by atoms with van der Waals surface area (Å²) in [6.07, 6.45) is 1.65. The number of ether oxygens (including phenoxy) is 2. The number of aliphatic imine (C=N–C) groups is 1. The molecular formula is C18H20ClNO3. The van der Waals surface area contributed by atoms with Crippen LogP contribution in [-0.4, -0.2) is 31.6 Å². The van der Waals surface area contributed by atoms with E-state index in [2.05, 4.69) is 4.99 Å². The highest BCUT2D eigenvalue weighted by atomic mass is 35.5. The summed E-state index contributed by atoms with van der Waals surface area (Å²) in [5.41, 5.74) is 4.53. The number of benzene rings is 2. The van der Waals surface area contributed by atoms with Crippen LogP contribution < -0.4 is 9.47 Å². The monoisotopic (exact) mass is 333 g/mol. The Morgan fingerprint density at radius 2 is 1.70 bits per heavy atom. The number of rotatable bonds is 4. The maximum atomic E-state index is 9.39. The van der Waals surface area contributed by atoms with Crippen LogP contribution in [0.4, 0.5) is 0 Å². The summed E-state index contributed by atoms with van der Waals surface area (Å²) in [5.74, 6) is 1.76. The molecule has 122 valence electrons. The molecule has 0 fully saturated rings. The van der Waals surface area contributed by atoms with Crippen LogP contribution in [0.5, 0.6) is 17.2 Å². The van der Waals surface area contributed by atoms with Crippen molar-refractivity contribution >= 4 is 18.1 Å². The molecule has 0 aliphatic carbocycles. The van der Waals surface area contributed by atoms with Gasteiger partial charge in [-0.05, 0) is 41.8 Å². The predicted octanol–water partition coefficient (Wildman–Crippen LogP) is 3.42. The van der Waals surface area contributed by atoms with Gasteiger partial charge in [0.05, 0.1) is 14.2 Å². The number of aromatic hydroxyl groups is 1.